The number of aryl methyl sites for hydroxylation is 1. The predicted molar refractivity (Wildman–Crippen MR) is 150 cm³/mol. The third kappa shape index (κ3) is 6.18. The van der Waals surface area contributed by atoms with E-state index in [2.05, 4.69) is 20.7 Å². The van der Waals surface area contributed by atoms with Crippen LogP contribution in [0.2, 0.25) is 0 Å². The highest BCUT2D eigenvalue weighted by Crippen LogP contribution is 2.31. The zero-order chi connectivity index (χ0) is 27.9. The van der Waals surface area contributed by atoms with Gasteiger partial charge in [-0.25, -0.2) is 14.2 Å². The smallest absolute Gasteiger partial charge is 0.416 e. The van der Waals surface area contributed by atoms with Gasteiger partial charge >= 0.3 is 6.09 Å². The fourth-order valence-corrected chi connectivity index (χ4v) is 4.81. The molecule has 40 heavy (non-hydrogen) atoms. The topological polar surface area (TPSA) is 101 Å². The maximum Gasteiger partial charge on any atom is 0.416 e. The molecule has 1 fully saturated rings. The average Bonchev–Trinajstić information content (AvgIpc) is 3.15. The molecule has 0 unspecified atom stereocenters. The lowest BCUT2D eigenvalue weighted by atomic mass is 10.1. The number of rotatable bonds is 7. The minimum atomic E-state index is -0.549. The molecule has 0 bridgehead atoms. The summed E-state index contributed by atoms with van der Waals surface area (Å²) in [6.07, 6.45) is 3.31. The molecule has 2 N–H and O–H groups in total. The van der Waals surface area contributed by atoms with Crippen LogP contribution in [0.1, 0.15) is 35.3 Å². The SMILES string of the molecule is Cn1ncc(NC(=O)c2ccc(F)c(-c3ccccc3)n2)c1N(C(=O)OCc1ccccc1)[C@@H]1CCCNCC1. The minimum absolute atomic E-state index is 0.0342. The summed E-state index contributed by atoms with van der Waals surface area (Å²) in [5.74, 6) is -0.672. The molecule has 0 radical (unpaired) electrons. The van der Waals surface area contributed by atoms with Crippen molar-refractivity contribution in [2.45, 2.75) is 31.9 Å². The highest BCUT2D eigenvalue weighted by Gasteiger charge is 2.32. The van der Waals surface area contributed by atoms with Gasteiger partial charge in [-0.3, -0.25) is 14.4 Å². The molecule has 2 aromatic carbocycles. The van der Waals surface area contributed by atoms with Crippen LogP contribution < -0.4 is 15.5 Å². The molecule has 206 valence electrons. The molecule has 4 aromatic rings. The second kappa shape index (κ2) is 12.5. The van der Waals surface area contributed by atoms with Crippen molar-refractivity contribution >= 4 is 23.5 Å². The summed E-state index contributed by atoms with van der Waals surface area (Å²) in [4.78, 5) is 32.8. The maximum absolute atomic E-state index is 14.6. The van der Waals surface area contributed by atoms with Gasteiger partial charge in [0, 0.05) is 18.7 Å². The number of hydrogen-bond acceptors (Lipinski definition) is 6. The van der Waals surface area contributed by atoms with Gasteiger partial charge in [0.25, 0.3) is 5.91 Å². The van der Waals surface area contributed by atoms with Gasteiger partial charge in [0.05, 0.1) is 6.20 Å². The van der Waals surface area contributed by atoms with Gasteiger partial charge in [-0.15, -0.1) is 0 Å². The Bertz CT molecular complexity index is 1450. The zero-order valence-corrected chi connectivity index (χ0v) is 22.2. The highest BCUT2D eigenvalue weighted by molar-refractivity contribution is 6.06. The number of pyridine rings is 1. The summed E-state index contributed by atoms with van der Waals surface area (Å²) in [7, 11) is 1.71. The number of benzene rings is 2. The van der Waals surface area contributed by atoms with Crippen molar-refractivity contribution < 1.29 is 18.7 Å². The fraction of sp³-hybridized carbons (Fsp3) is 0.267. The average molecular weight is 543 g/mol. The van der Waals surface area contributed by atoms with Crippen molar-refractivity contribution in [1.29, 1.82) is 0 Å². The van der Waals surface area contributed by atoms with Crippen LogP contribution in [0.25, 0.3) is 11.3 Å². The molecule has 1 aliphatic heterocycles. The van der Waals surface area contributed by atoms with Gasteiger partial charge in [-0.05, 0) is 50.0 Å². The van der Waals surface area contributed by atoms with Gasteiger partial charge in [0.15, 0.2) is 5.82 Å². The summed E-state index contributed by atoms with van der Waals surface area (Å²) in [5, 5.41) is 10.5. The van der Waals surface area contributed by atoms with Crippen molar-refractivity contribution in [2.75, 3.05) is 23.3 Å². The first-order valence-corrected chi connectivity index (χ1v) is 13.3. The quantitative estimate of drug-likeness (QED) is 0.335. The maximum atomic E-state index is 14.6. The predicted octanol–water partition coefficient (Wildman–Crippen LogP) is 5.16. The molecule has 2 amide bonds. The summed E-state index contributed by atoms with van der Waals surface area (Å²) < 4.78 is 21.9. The number of anilines is 2. The van der Waals surface area contributed by atoms with E-state index in [1.807, 2.05) is 36.4 Å². The summed E-state index contributed by atoms with van der Waals surface area (Å²) in [6, 6.07) is 20.7. The van der Waals surface area contributed by atoms with Crippen LogP contribution >= 0.6 is 0 Å². The molecule has 0 aliphatic carbocycles. The standard InChI is InChI=1S/C30H31FN6O3/c1-36-29(37(23-13-8-17-32-18-16-23)30(39)40-20-21-9-4-2-5-10-21)26(19-33-36)35-28(38)25-15-14-24(31)27(34-25)22-11-6-3-7-12-22/h2-7,9-12,14-15,19,23,32H,8,13,16-18,20H2,1H3,(H,35,38)/t23-/m1/s1. The monoisotopic (exact) mass is 542 g/mol. The number of carbonyl (C=O) groups excluding carboxylic acids is 2. The normalized spacial score (nSPS) is 15.2. The molecular formula is C30H31FN6O3. The van der Waals surface area contributed by atoms with Crippen LogP contribution in [-0.4, -0.2) is 45.9 Å². The zero-order valence-electron chi connectivity index (χ0n) is 22.2. The number of carbonyl (C=O) groups is 2. The van der Waals surface area contributed by atoms with Crippen LogP contribution in [-0.2, 0) is 18.4 Å². The number of hydrogen-bond donors (Lipinski definition) is 2. The van der Waals surface area contributed by atoms with Gasteiger partial charge in [-0.1, -0.05) is 60.7 Å². The third-order valence-corrected chi connectivity index (χ3v) is 6.82. The van der Waals surface area contributed by atoms with E-state index in [1.54, 1.807) is 40.9 Å². The molecule has 0 spiro atoms. The van der Waals surface area contributed by atoms with Crippen molar-refractivity contribution in [2.24, 2.45) is 7.05 Å². The largest absolute Gasteiger partial charge is 0.444 e. The van der Waals surface area contributed by atoms with Crippen LogP contribution in [0.3, 0.4) is 0 Å². The molecule has 5 rings (SSSR count). The lowest BCUT2D eigenvalue weighted by Crippen LogP contribution is -2.43. The van der Waals surface area contributed by atoms with Crippen molar-refractivity contribution in [3.63, 3.8) is 0 Å². The van der Waals surface area contributed by atoms with Crippen LogP contribution in [0.5, 0.6) is 0 Å². The van der Waals surface area contributed by atoms with Gasteiger partial charge in [0.1, 0.15) is 29.5 Å². The number of aromatic nitrogens is 3. The Morgan fingerprint density at radius 1 is 1.05 bits per heavy atom. The Hall–Kier alpha value is -4.57. The molecular weight excluding hydrogens is 511 g/mol. The van der Waals surface area contributed by atoms with E-state index in [4.69, 9.17) is 4.74 Å². The molecule has 0 saturated carbocycles. The Kier molecular flexibility index (Phi) is 8.46. The highest BCUT2D eigenvalue weighted by atomic mass is 19.1. The fourth-order valence-electron chi connectivity index (χ4n) is 4.81. The Morgan fingerprint density at radius 3 is 2.58 bits per heavy atom. The first kappa shape index (κ1) is 27.0. The second-order valence-corrected chi connectivity index (χ2v) is 9.60. The first-order valence-electron chi connectivity index (χ1n) is 13.3. The Balaban J connectivity index is 1.43. The number of nitrogens with zero attached hydrogens (tertiary/aromatic N) is 4. The number of amides is 2. The van der Waals surface area contributed by atoms with E-state index in [0.29, 0.717) is 23.5 Å². The van der Waals surface area contributed by atoms with E-state index >= 15 is 0 Å². The van der Waals surface area contributed by atoms with E-state index in [-0.39, 0.29) is 24.0 Å². The number of nitrogens with one attached hydrogen (secondary N) is 2. The van der Waals surface area contributed by atoms with E-state index < -0.39 is 17.8 Å². The minimum Gasteiger partial charge on any atom is -0.444 e. The molecule has 1 aliphatic rings. The molecule has 9 nitrogen and oxygen atoms in total. The molecule has 1 saturated heterocycles. The van der Waals surface area contributed by atoms with Crippen LogP contribution in [0.15, 0.2) is 79.0 Å². The first-order chi connectivity index (χ1) is 19.5. The summed E-state index contributed by atoms with van der Waals surface area (Å²) in [6.45, 7) is 1.72. The van der Waals surface area contributed by atoms with Crippen LogP contribution in [0.4, 0.5) is 20.7 Å². The van der Waals surface area contributed by atoms with Crippen molar-refractivity contribution in [1.82, 2.24) is 20.1 Å². The molecule has 2 aromatic heterocycles. The van der Waals surface area contributed by atoms with E-state index in [1.165, 1.54) is 18.3 Å². The molecule has 1 atom stereocenters. The number of halogens is 1. The van der Waals surface area contributed by atoms with E-state index in [0.717, 1.165) is 31.5 Å². The third-order valence-electron chi connectivity index (χ3n) is 6.82. The van der Waals surface area contributed by atoms with Gasteiger partial charge in [0.2, 0.25) is 0 Å². The van der Waals surface area contributed by atoms with E-state index in [9.17, 15) is 14.0 Å². The summed E-state index contributed by atoms with van der Waals surface area (Å²) >= 11 is 0. The lowest BCUT2D eigenvalue weighted by molar-refractivity contribution is 0.102. The van der Waals surface area contributed by atoms with Crippen molar-refractivity contribution in [3.05, 3.63) is 96.1 Å². The lowest BCUT2D eigenvalue weighted by Gasteiger charge is -2.31. The summed E-state index contributed by atoms with van der Waals surface area (Å²) in [5.41, 5.74) is 1.87. The molecule has 10 heteroatoms. The van der Waals surface area contributed by atoms with Crippen molar-refractivity contribution in [3.8, 4) is 11.3 Å². The Labute approximate surface area is 232 Å². The number of ether oxygens (including phenoxy) is 1. The molecule has 3 heterocycles. The second-order valence-electron chi connectivity index (χ2n) is 9.60. The van der Waals surface area contributed by atoms with Gasteiger partial charge < -0.3 is 15.4 Å². The van der Waals surface area contributed by atoms with Crippen LogP contribution in [0, 0.1) is 5.82 Å². The Morgan fingerprint density at radius 2 is 1.80 bits per heavy atom. The van der Waals surface area contributed by atoms with Gasteiger partial charge in [-0.2, -0.15) is 5.10 Å².